The molecule has 1 saturated heterocycles. The van der Waals surface area contributed by atoms with Gasteiger partial charge < -0.3 is 24.2 Å². The molecule has 3 atom stereocenters. The third kappa shape index (κ3) is 7.35. The van der Waals surface area contributed by atoms with Crippen molar-refractivity contribution in [3.63, 3.8) is 0 Å². The summed E-state index contributed by atoms with van der Waals surface area (Å²) in [6.07, 6.45) is -3.04. The predicted molar refractivity (Wildman–Crippen MR) is 108 cm³/mol. The Labute approximate surface area is 184 Å². The van der Waals surface area contributed by atoms with E-state index in [1.54, 1.807) is 26.1 Å². The number of alkyl halides is 3. The third-order valence-electron chi connectivity index (χ3n) is 5.36. The number of hydrogen-bond acceptors (Lipinski definition) is 6. The first-order valence-electron chi connectivity index (χ1n) is 10.1. The zero-order valence-corrected chi connectivity index (χ0v) is 18.3. The number of likely N-dealkylation sites (N-methyl/N-ethyl adjacent to an activating group) is 1. The average Bonchev–Trinajstić information content (AvgIpc) is 3.16. The summed E-state index contributed by atoms with van der Waals surface area (Å²) in [5.41, 5.74) is 1.27. The first-order valence-corrected chi connectivity index (χ1v) is 10.1. The van der Waals surface area contributed by atoms with E-state index in [4.69, 9.17) is 24.1 Å². The Morgan fingerprint density at radius 1 is 1.22 bits per heavy atom. The van der Waals surface area contributed by atoms with E-state index in [2.05, 4.69) is 17.0 Å². The largest absolute Gasteiger partial charge is 0.497 e. The molecule has 180 valence electrons. The van der Waals surface area contributed by atoms with Gasteiger partial charge in [-0.15, -0.1) is 0 Å². The van der Waals surface area contributed by atoms with Crippen molar-refractivity contribution >= 4 is 11.9 Å². The van der Waals surface area contributed by atoms with Gasteiger partial charge >= 0.3 is 12.1 Å². The number of benzene rings is 1. The molecule has 0 aromatic heterocycles. The molecular weight excluding hydrogens is 433 g/mol. The Bertz CT molecular complexity index is 757. The molecule has 32 heavy (non-hydrogen) atoms. The molecule has 11 heteroatoms. The minimum Gasteiger partial charge on any atom is -0.497 e. The van der Waals surface area contributed by atoms with Gasteiger partial charge in [0, 0.05) is 33.2 Å². The molecule has 8 nitrogen and oxygen atoms in total. The van der Waals surface area contributed by atoms with Crippen LogP contribution in [0.3, 0.4) is 0 Å². The number of carbonyl (C=O) groups excluding carboxylic acids is 1. The average molecular weight is 462 g/mol. The first-order chi connectivity index (χ1) is 15.0. The molecule has 0 spiro atoms. The van der Waals surface area contributed by atoms with Gasteiger partial charge in [0.2, 0.25) is 5.91 Å². The first kappa shape index (κ1) is 25.9. The third-order valence-corrected chi connectivity index (χ3v) is 5.36. The van der Waals surface area contributed by atoms with Gasteiger partial charge in [-0.25, -0.2) is 4.79 Å². The second-order valence-corrected chi connectivity index (χ2v) is 7.74. The summed E-state index contributed by atoms with van der Waals surface area (Å²) in [6.45, 7) is 2.66. The van der Waals surface area contributed by atoms with Crippen molar-refractivity contribution in [2.45, 2.75) is 43.8 Å². The van der Waals surface area contributed by atoms with E-state index in [0.29, 0.717) is 12.6 Å². The van der Waals surface area contributed by atoms with E-state index in [1.165, 1.54) is 5.56 Å². The van der Waals surface area contributed by atoms with Crippen LogP contribution in [0, 0.1) is 0 Å². The lowest BCUT2D eigenvalue weighted by Gasteiger charge is -2.39. The standard InChI is InChI=1S/C19H28N2O4.C2HF3O2/c1-20(2)18(22)13-25-17-9-8-16-19(17)24-11-10-21(16)12-14-4-6-15(23-3)7-5-14;3-2(4,5)1(6)7/h4-7,16-17,19H,8-13H2,1-3H3;(H,6,7)/t16-,17+,19+;/m0./s1. The van der Waals surface area contributed by atoms with E-state index >= 15 is 0 Å². The predicted octanol–water partition coefficient (Wildman–Crippen LogP) is 2.17. The van der Waals surface area contributed by atoms with Crippen molar-refractivity contribution in [3.05, 3.63) is 29.8 Å². The molecule has 1 amide bonds. The highest BCUT2D eigenvalue weighted by Gasteiger charge is 2.43. The molecule has 2 fully saturated rings. The van der Waals surface area contributed by atoms with E-state index < -0.39 is 12.1 Å². The Hall–Kier alpha value is -2.37. The summed E-state index contributed by atoms with van der Waals surface area (Å²) in [4.78, 5) is 24.7. The molecule has 1 aromatic rings. The molecule has 2 aliphatic rings. The number of rotatable bonds is 6. The quantitative estimate of drug-likeness (QED) is 0.693. The highest BCUT2D eigenvalue weighted by molar-refractivity contribution is 5.76. The Balaban J connectivity index is 0.000000451. The molecule has 1 saturated carbocycles. The summed E-state index contributed by atoms with van der Waals surface area (Å²) in [7, 11) is 5.18. The molecule has 1 aromatic carbocycles. The molecule has 3 rings (SSSR count). The minimum absolute atomic E-state index is 0.00523. The number of carboxylic acids is 1. The molecule has 1 aliphatic heterocycles. The van der Waals surface area contributed by atoms with Gasteiger partial charge in [0.1, 0.15) is 12.4 Å². The van der Waals surface area contributed by atoms with Crippen LogP contribution in [0.25, 0.3) is 0 Å². The van der Waals surface area contributed by atoms with Crippen LogP contribution in [0.15, 0.2) is 24.3 Å². The topological polar surface area (TPSA) is 88.5 Å². The summed E-state index contributed by atoms with van der Waals surface area (Å²) in [5.74, 6) is -1.88. The van der Waals surface area contributed by atoms with Crippen LogP contribution < -0.4 is 4.74 Å². The van der Waals surface area contributed by atoms with E-state index in [-0.39, 0.29) is 24.7 Å². The lowest BCUT2D eigenvalue weighted by molar-refractivity contribution is -0.192. The Kier molecular flexibility index (Phi) is 9.29. The molecule has 0 bridgehead atoms. The minimum atomic E-state index is -5.08. The summed E-state index contributed by atoms with van der Waals surface area (Å²) in [5, 5.41) is 7.12. The van der Waals surface area contributed by atoms with Gasteiger partial charge in [-0.2, -0.15) is 13.2 Å². The number of amides is 1. The van der Waals surface area contributed by atoms with Crippen molar-refractivity contribution in [3.8, 4) is 5.75 Å². The van der Waals surface area contributed by atoms with E-state index in [0.717, 1.165) is 31.7 Å². The van der Waals surface area contributed by atoms with E-state index in [1.807, 2.05) is 12.1 Å². The van der Waals surface area contributed by atoms with Crippen molar-refractivity contribution < 1.29 is 42.1 Å². The molecule has 1 N–H and O–H groups in total. The number of hydrogen-bond donors (Lipinski definition) is 1. The summed E-state index contributed by atoms with van der Waals surface area (Å²) >= 11 is 0. The molecule has 0 unspecified atom stereocenters. The lowest BCUT2D eigenvalue weighted by atomic mass is 10.1. The number of fused-ring (bicyclic) bond motifs is 1. The smallest absolute Gasteiger partial charge is 0.490 e. The summed E-state index contributed by atoms with van der Waals surface area (Å²) < 4.78 is 48.8. The van der Waals surface area contributed by atoms with E-state index in [9.17, 15) is 18.0 Å². The number of carbonyl (C=O) groups is 2. The number of methoxy groups -OCH3 is 1. The van der Waals surface area contributed by atoms with Crippen LogP contribution in [0.5, 0.6) is 5.75 Å². The van der Waals surface area contributed by atoms with Crippen LogP contribution in [0.2, 0.25) is 0 Å². The molecule has 1 aliphatic carbocycles. The maximum Gasteiger partial charge on any atom is 0.490 e. The number of nitrogens with zero attached hydrogens (tertiary/aromatic N) is 2. The molecule has 0 radical (unpaired) electrons. The Morgan fingerprint density at radius 3 is 2.38 bits per heavy atom. The second kappa shape index (κ2) is 11.5. The number of carboxylic acid groups (broad SMARTS) is 1. The maximum atomic E-state index is 11.8. The maximum absolute atomic E-state index is 11.8. The molecular formula is C21H29F3N2O6. The second-order valence-electron chi connectivity index (χ2n) is 7.74. The highest BCUT2D eigenvalue weighted by atomic mass is 19.4. The Morgan fingerprint density at radius 2 is 1.84 bits per heavy atom. The number of aliphatic carboxylic acids is 1. The van der Waals surface area contributed by atoms with Crippen molar-refractivity contribution in [2.24, 2.45) is 0 Å². The van der Waals surface area contributed by atoms with Crippen molar-refractivity contribution in [1.29, 1.82) is 0 Å². The lowest BCUT2D eigenvalue weighted by Crippen LogP contribution is -2.51. The van der Waals surface area contributed by atoms with Crippen LogP contribution in [-0.4, -0.2) is 92.2 Å². The van der Waals surface area contributed by atoms with Gasteiger partial charge in [-0.1, -0.05) is 12.1 Å². The van der Waals surface area contributed by atoms with Gasteiger partial charge in [-0.3, -0.25) is 9.69 Å². The molecule has 1 heterocycles. The van der Waals surface area contributed by atoms with Crippen molar-refractivity contribution in [1.82, 2.24) is 9.80 Å². The van der Waals surface area contributed by atoms with Crippen LogP contribution in [-0.2, 0) is 25.6 Å². The van der Waals surface area contributed by atoms with Gasteiger partial charge in [0.25, 0.3) is 0 Å². The zero-order valence-electron chi connectivity index (χ0n) is 18.3. The monoisotopic (exact) mass is 462 g/mol. The fourth-order valence-electron chi connectivity index (χ4n) is 3.64. The zero-order chi connectivity index (χ0) is 23.9. The number of morpholine rings is 1. The van der Waals surface area contributed by atoms with Crippen LogP contribution >= 0.6 is 0 Å². The van der Waals surface area contributed by atoms with Crippen molar-refractivity contribution in [2.75, 3.05) is 41.0 Å². The number of halogens is 3. The summed E-state index contributed by atoms with van der Waals surface area (Å²) in [6, 6.07) is 8.58. The fraction of sp³-hybridized carbons (Fsp3) is 0.619. The van der Waals surface area contributed by atoms with Gasteiger partial charge in [0.15, 0.2) is 0 Å². The fourth-order valence-corrected chi connectivity index (χ4v) is 3.64. The SMILES string of the molecule is COc1ccc(CN2CCO[C@H]3[C@H](OCC(=O)N(C)C)CC[C@@H]32)cc1.O=C(O)C(F)(F)F. The van der Waals surface area contributed by atoms with Crippen LogP contribution in [0.4, 0.5) is 13.2 Å². The van der Waals surface area contributed by atoms with Gasteiger partial charge in [0.05, 0.1) is 25.9 Å². The highest BCUT2D eigenvalue weighted by Crippen LogP contribution is 2.33. The number of ether oxygens (including phenoxy) is 3. The van der Waals surface area contributed by atoms with Gasteiger partial charge in [-0.05, 0) is 30.5 Å². The van der Waals surface area contributed by atoms with Crippen LogP contribution in [0.1, 0.15) is 18.4 Å². The normalized spacial score (nSPS) is 23.0.